The van der Waals surface area contributed by atoms with E-state index in [0.717, 1.165) is 46.7 Å². The van der Waals surface area contributed by atoms with Crippen molar-refractivity contribution in [2.45, 2.75) is 32.8 Å². The highest BCUT2D eigenvalue weighted by Crippen LogP contribution is 2.26. The second-order valence-electron chi connectivity index (χ2n) is 6.73. The summed E-state index contributed by atoms with van der Waals surface area (Å²) in [5.74, 6) is 2.82. The van der Waals surface area contributed by atoms with Gasteiger partial charge in [0.25, 0.3) is 0 Å². The van der Waals surface area contributed by atoms with Gasteiger partial charge in [-0.2, -0.15) is 0 Å². The molecule has 0 aliphatic carbocycles. The van der Waals surface area contributed by atoms with E-state index in [2.05, 4.69) is 20.0 Å². The van der Waals surface area contributed by atoms with Crippen molar-refractivity contribution in [1.29, 1.82) is 0 Å². The van der Waals surface area contributed by atoms with Crippen LogP contribution in [0.4, 0.5) is 5.82 Å². The molecule has 0 atom stereocenters. The Balaban J connectivity index is 1.42. The van der Waals surface area contributed by atoms with E-state index < -0.39 is 0 Å². The molecule has 4 heterocycles. The van der Waals surface area contributed by atoms with Crippen LogP contribution in [0.25, 0.3) is 10.8 Å². The minimum absolute atomic E-state index is 0.246. The number of anilines is 1. The molecule has 8 heteroatoms. The van der Waals surface area contributed by atoms with Crippen molar-refractivity contribution in [3.63, 3.8) is 0 Å². The van der Waals surface area contributed by atoms with Gasteiger partial charge in [-0.3, -0.25) is 0 Å². The number of piperidine rings is 1. The summed E-state index contributed by atoms with van der Waals surface area (Å²) in [5.41, 5.74) is 7.78. The third kappa shape index (κ3) is 4.17. The van der Waals surface area contributed by atoms with Gasteiger partial charge >= 0.3 is 0 Å². The molecule has 1 fully saturated rings. The number of hydrogen-bond acceptors (Lipinski definition) is 7. The second-order valence-corrected chi connectivity index (χ2v) is 7.58. The van der Waals surface area contributed by atoms with Crippen molar-refractivity contribution in [3.05, 3.63) is 52.9 Å². The van der Waals surface area contributed by atoms with Crippen LogP contribution in [0.5, 0.6) is 0 Å². The molecule has 1 saturated heterocycles. The molecule has 0 unspecified atom stereocenters. The van der Waals surface area contributed by atoms with Gasteiger partial charge in [-0.25, -0.2) is 9.97 Å². The van der Waals surface area contributed by atoms with E-state index >= 15 is 0 Å². The highest BCUT2D eigenvalue weighted by molar-refractivity contribution is 7.13. The smallest absolute Gasteiger partial charge is 0.174 e. The molecule has 0 amide bonds. The maximum absolute atomic E-state index is 6.19. The largest absolute Gasteiger partial charge is 0.459 e. The van der Waals surface area contributed by atoms with Crippen molar-refractivity contribution in [3.8, 4) is 10.8 Å². The van der Waals surface area contributed by atoms with Crippen molar-refractivity contribution in [1.82, 2.24) is 9.97 Å². The standard InChI is InChI=1S/C20H23N5O2S/c1-14-7-8-17(27-14)20-23-15(13-28-20)12-26-24-18(21)16-6-5-9-22-19(16)25-10-3-2-4-11-25/h5-9,13H,2-4,10-12H2,1H3,(H2,21,24). The number of oxime groups is 1. The molecule has 1 aliphatic rings. The van der Waals surface area contributed by atoms with Gasteiger partial charge < -0.3 is 19.9 Å². The summed E-state index contributed by atoms with van der Waals surface area (Å²) in [5, 5.41) is 6.86. The summed E-state index contributed by atoms with van der Waals surface area (Å²) in [6.07, 6.45) is 5.39. The zero-order valence-electron chi connectivity index (χ0n) is 15.8. The maximum Gasteiger partial charge on any atom is 0.174 e. The molecule has 0 spiro atoms. The Morgan fingerprint density at radius 1 is 1.29 bits per heavy atom. The number of hydrogen-bond donors (Lipinski definition) is 1. The van der Waals surface area contributed by atoms with Gasteiger partial charge in [0.1, 0.15) is 11.6 Å². The molecule has 0 radical (unpaired) electrons. The molecule has 146 valence electrons. The van der Waals surface area contributed by atoms with Crippen molar-refractivity contribution >= 4 is 23.0 Å². The van der Waals surface area contributed by atoms with Crippen LogP contribution in [0.3, 0.4) is 0 Å². The average molecular weight is 398 g/mol. The molecule has 0 saturated carbocycles. The van der Waals surface area contributed by atoms with E-state index in [1.165, 1.54) is 30.6 Å². The Bertz CT molecular complexity index is 959. The summed E-state index contributed by atoms with van der Waals surface area (Å²) in [7, 11) is 0. The number of pyridine rings is 1. The first-order valence-electron chi connectivity index (χ1n) is 9.37. The van der Waals surface area contributed by atoms with Crippen LogP contribution in [0.2, 0.25) is 0 Å². The number of aryl methyl sites for hydroxylation is 1. The number of nitrogens with zero attached hydrogens (tertiary/aromatic N) is 4. The molecule has 28 heavy (non-hydrogen) atoms. The predicted molar refractivity (Wildman–Crippen MR) is 110 cm³/mol. The Hall–Kier alpha value is -2.87. The van der Waals surface area contributed by atoms with Crippen LogP contribution in [0.1, 0.15) is 36.3 Å². The number of rotatable bonds is 6. The first kappa shape index (κ1) is 18.5. The average Bonchev–Trinajstić information content (AvgIpc) is 3.37. The summed E-state index contributed by atoms with van der Waals surface area (Å²) in [6, 6.07) is 7.63. The van der Waals surface area contributed by atoms with Gasteiger partial charge in [-0.1, -0.05) is 5.16 Å². The van der Waals surface area contributed by atoms with E-state index in [0.29, 0.717) is 5.84 Å². The van der Waals surface area contributed by atoms with Gasteiger partial charge in [0, 0.05) is 24.7 Å². The fraction of sp³-hybridized carbons (Fsp3) is 0.350. The minimum Gasteiger partial charge on any atom is -0.459 e. The number of amidine groups is 1. The summed E-state index contributed by atoms with van der Waals surface area (Å²) >= 11 is 1.51. The topological polar surface area (TPSA) is 89.8 Å². The van der Waals surface area contributed by atoms with Crippen LogP contribution >= 0.6 is 11.3 Å². The number of nitrogens with two attached hydrogens (primary N) is 1. The number of thiazole rings is 1. The van der Waals surface area contributed by atoms with E-state index in [1.807, 2.05) is 36.6 Å². The molecule has 3 aromatic rings. The Morgan fingerprint density at radius 2 is 2.14 bits per heavy atom. The molecule has 0 aromatic carbocycles. The quantitative estimate of drug-likeness (QED) is 0.385. The molecule has 3 aromatic heterocycles. The van der Waals surface area contributed by atoms with Crippen molar-refractivity contribution < 1.29 is 9.25 Å². The second kappa shape index (κ2) is 8.43. The van der Waals surface area contributed by atoms with Crippen LogP contribution < -0.4 is 10.6 Å². The number of aromatic nitrogens is 2. The summed E-state index contributed by atoms with van der Waals surface area (Å²) in [4.78, 5) is 16.8. The van der Waals surface area contributed by atoms with Gasteiger partial charge in [-0.15, -0.1) is 11.3 Å². The highest BCUT2D eigenvalue weighted by atomic mass is 32.1. The van der Waals surface area contributed by atoms with Crippen LogP contribution in [0, 0.1) is 6.92 Å². The van der Waals surface area contributed by atoms with Gasteiger partial charge in [-0.05, 0) is 50.5 Å². The normalized spacial score (nSPS) is 15.0. The van der Waals surface area contributed by atoms with E-state index in [1.54, 1.807) is 6.20 Å². The van der Waals surface area contributed by atoms with E-state index in [9.17, 15) is 0 Å². The molecule has 1 aliphatic heterocycles. The lowest BCUT2D eigenvalue weighted by Crippen LogP contribution is -2.32. The number of furan rings is 1. The van der Waals surface area contributed by atoms with Crippen LogP contribution in [-0.2, 0) is 11.4 Å². The van der Waals surface area contributed by atoms with Crippen LogP contribution in [0.15, 0.2) is 45.4 Å². The third-order valence-corrected chi connectivity index (χ3v) is 5.50. The van der Waals surface area contributed by atoms with Crippen molar-refractivity contribution in [2.24, 2.45) is 10.9 Å². The molecular formula is C20H23N5O2S. The monoisotopic (exact) mass is 397 g/mol. The zero-order chi connectivity index (χ0) is 19.3. The molecule has 2 N–H and O–H groups in total. The van der Waals surface area contributed by atoms with E-state index in [-0.39, 0.29) is 6.61 Å². The summed E-state index contributed by atoms with van der Waals surface area (Å²) < 4.78 is 5.60. The molecule has 4 rings (SSSR count). The molecule has 0 bridgehead atoms. The fourth-order valence-electron chi connectivity index (χ4n) is 3.21. The zero-order valence-corrected chi connectivity index (χ0v) is 16.6. The minimum atomic E-state index is 0.246. The van der Waals surface area contributed by atoms with Gasteiger partial charge in [0.2, 0.25) is 0 Å². The lowest BCUT2D eigenvalue weighted by atomic mass is 10.1. The van der Waals surface area contributed by atoms with Gasteiger partial charge in [0.05, 0.1) is 11.3 Å². The third-order valence-electron chi connectivity index (χ3n) is 4.60. The van der Waals surface area contributed by atoms with E-state index in [4.69, 9.17) is 15.0 Å². The Kier molecular flexibility index (Phi) is 5.57. The SMILES string of the molecule is Cc1ccc(-c2nc(CO/N=C(\N)c3cccnc3N3CCCCC3)cs2)o1. The fourth-order valence-corrected chi connectivity index (χ4v) is 3.97. The molecular weight excluding hydrogens is 374 g/mol. The van der Waals surface area contributed by atoms with Gasteiger partial charge in [0.15, 0.2) is 23.2 Å². The lowest BCUT2D eigenvalue weighted by molar-refractivity contribution is 0.128. The molecule has 7 nitrogen and oxygen atoms in total. The first-order chi connectivity index (χ1) is 13.7. The van der Waals surface area contributed by atoms with Crippen LogP contribution in [-0.4, -0.2) is 28.9 Å². The summed E-state index contributed by atoms with van der Waals surface area (Å²) in [6.45, 7) is 4.14. The Morgan fingerprint density at radius 3 is 2.93 bits per heavy atom. The first-order valence-corrected chi connectivity index (χ1v) is 10.3. The Labute approximate surface area is 167 Å². The lowest BCUT2D eigenvalue weighted by Gasteiger charge is -2.29. The highest BCUT2D eigenvalue weighted by Gasteiger charge is 2.17. The van der Waals surface area contributed by atoms with Crippen molar-refractivity contribution in [2.75, 3.05) is 18.0 Å². The maximum atomic E-state index is 6.19. The predicted octanol–water partition coefficient (Wildman–Crippen LogP) is 3.93.